The van der Waals surface area contributed by atoms with E-state index >= 15 is 0 Å². The lowest BCUT2D eigenvalue weighted by molar-refractivity contribution is -0.132. The third-order valence-corrected chi connectivity index (χ3v) is 5.25. The van der Waals surface area contributed by atoms with Crippen LogP contribution < -0.4 is 5.32 Å². The Hall–Kier alpha value is -1.34. The molecule has 2 amide bonds. The molecule has 0 unspecified atom stereocenters. The Kier molecular flexibility index (Phi) is 8.15. The zero-order chi connectivity index (χ0) is 19.1. The average Bonchev–Trinajstić information content (AvgIpc) is 2.61. The van der Waals surface area contributed by atoms with Crippen molar-refractivity contribution in [3.05, 3.63) is 28.2 Å². The molecule has 0 radical (unpaired) electrons. The third-order valence-electron chi connectivity index (χ3n) is 4.51. The zero-order valence-corrected chi connectivity index (χ0v) is 16.8. The van der Waals surface area contributed by atoms with Gasteiger partial charge in [-0.3, -0.25) is 19.4 Å². The number of rotatable bonds is 7. The second-order valence-corrected chi connectivity index (χ2v) is 7.11. The fourth-order valence-corrected chi connectivity index (χ4v) is 3.25. The Morgan fingerprint density at radius 1 is 1.00 bits per heavy atom. The molecular weight excluding hydrogens is 375 g/mol. The molecule has 1 aliphatic heterocycles. The lowest BCUT2D eigenvalue weighted by Crippen LogP contribution is -2.51. The van der Waals surface area contributed by atoms with Crippen molar-refractivity contribution in [2.45, 2.75) is 13.8 Å². The first-order chi connectivity index (χ1) is 12.4. The molecule has 1 saturated heterocycles. The smallest absolute Gasteiger partial charge is 0.238 e. The monoisotopic (exact) mass is 400 g/mol. The summed E-state index contributed by atoms with van der Waals surface area (Å²) in [5.41, 5.74) is 0.632. The van der Waals surface area contributed by atoms with Crippen molar-refractivity contribution in [2.75, 3.05) is 57.7 Å². The zero-order valence-electron chi connectivity index (χ0n) is 15.3. The van der Waals surface area contributed by atoms with Crippen LogP contribution in [-0.2, 0) is 9.59 Å². The van der Waals surface area contributed by atoms with Gasteiger partial charge in [0.2, 0.25) is 11.8 Å². The highest BCUT2D eigenvalue weighted by molar-refractivity contribution is 6.42. The number of likely N-dealkylation sites (N-methyl/N-ethyl adjacent to an activating group) is 1. The number of carbonyl (C=O) groups is 2. The van der Waals surface area contributed by atoms with Crippen LogP contribution in [0.25, 0.3) is 0 Å². The standard InChI is InChI=1S/C18H26Cl2N4O2/c1-3-24(4-2)18(26)13-23-9-7-22(8-10-23)12-17(25)21-14-5-6-15(19)16(20)11-14/h5-6,11H,3-4,7-10,12-13H2,1-2H3,(H,21,25). The fourth-order valence-electron chi connectivity index (χ4n) is 2.95. The maximum atomic E-state index is 12.2. The molecule has 0 saturated carbocycles. The lowest BCUT2D eigenvalue weighted by atomic mass is 10.3. The normalized spacial score (nSPS) is 15.7. The molecule has 1 heterocycles. The highest BCUT2D eigenvalue weighted by atomic mass is 35.5. The Morgan fingerprint density at radius 2 is 1.58 bits per heavy atom. The largest absolute Gasteiger partial charge is 0.342 e. The number of carbonyl (C=O) groups excluding carboxylic acids is 2. The predicted molar refractivity (Wildman–Crippen MR) is 106 cm³/mol. The molecule has 26 heavy (non-hydrogen) atoms. The summed E-state index contributed by atoms with van der Waals surface area (Å²) in [5, 5.41) is 3.70. The van der Waals surface area contributed by atoms with Crippen LogP contribution in [0.2, 0.25) is 10.0 Å². The van der Waals surface area contributed by atoms with Crippen molar-refractivity contribution >= 4 is 40.7 Å². The number of amides is 2. The topological polar surface area (TPSA) is 55.9 Å². The number of nitrogens with zero attached hydrogens (tertiary/aromatic N) is 3. The minimum absolute atomic E-state index is 0.0870. The van der Waals surface area contributed by atoms with Gasteiger partial charge in [0.15, 0.2) is 0 Å². The fraction of sp³-hybridized carbons (Fsp3) is 0.556. The van der Waals surface area contributed by atoms with Gasteiger partial charge < -0.3 is 10.2 Å². The van der Waals surface area contributed by atoms with Crippen LogP contribution >= 0.6 is 23.2 Å². The molecule has 1 fully saturated rings. The van der Waals surface area contributed by atoms with E-state index in [2.05, 4.69) is 15.1 Å². The van der Waals surface area contributed by atoms with Gasteiger partial charge in [-0.05, 0) is 32.0 Å². The Morgan fingerprint density at radius 3 is 2.12 bits per heavy atom. The number of nitrogens with one attached hydrogen (secondary N) is 1. The van der Waals surface area contributed by atoms with Gasteiger partial charge >= 0.3 is 0 Å². The van der Waals surface area contributed by atoms with Gasteiger partial charge in [0.05, 0.1) is 23.1 Å². The van der Waals surface area contributed by atoms with E-state index in [1.807, 2.05) is 18.7 Å². The molecule has 0 aliphatic carbocycles. The van der Waals surface area contributed by atoms with Crippen molar-refractivity contribution < 1.29 is 9.59 Å². The first kappa shape index (κ1) is 21.0. The van der Waals surface area contributed by atoms with Crippen LogP contribution in [0.5, 0.6) is 0 Å². The number of halogens is 2. The van der Waals surface area contributed by atoms with Crippen LogP contribution in [0.3, 0.4) is 0 Å². The molecule has 1 N–H and O–H groups in total. The Balaban J connectivity index is 1.75. The second kappa shape index (κ2) is 10.1. The van der Waals surface area contributed by atoms with Crippen LogP contribution in [0.1, 0.15) is 13.8 Å². The number of hydrogen-bond acceptors (Lipinski definition) is 4. The molecule has 0 spiro atoms. The summed E-state index contributed by atoms with van der Waals surface area (Å²) >= 11 is 11.8. The first-order valence-corrected chi connectivity index (χ1v) is 9.65. The summed E-state index contributed by atoms with van der Waals surface area (Å²) in [6, 6.07) is 5.02. The molecule has 1 aromatic rings. The summed E-state index contributed by atoms with van der Waals surface area (Å²) in [5.74, 6) is 0.0804. The minimum Gasteiger partial charge on any atom is -0.342 e. The second-order valence-electron chi connectivity index (χ2n) is 6.30. The van der Waals surface area contributed by atoms with Gasteiger partial charge in [0.25, 0.3) is 0 Å². The van der Waals surface area contributed by atoms with Crippen LogP contribution in [-0.4, -0.2) is 78.9 Å². The molecule has 0 bridgehead atoms. The Bertz CT molecular complexity index is 630. The van der Waals surface area contributed by atoms with Crippen molar-refractivity contribution in [3.63, 3.8) is 0 Å². The predicted octanol–water partition coefficient (Wildman–Crippen LogP) is 2.42. The number of benzene rings is 1. The molecular formula is C18H26Cl2N4O2. The maximum Gasteiger partial charge on any atom is 0.238 e. The summed E-state index contributed by atoms with van der Waals surface area (Å²) < 4.78 is 0. The SMILES string of the molecule is CCN(CC)C(=O)CN1CCN(CC(=O)Nc2ccc(Cl)c(Cl)c2)CC1. The molecule has 1 aliphatic rings. The van der Waals surface area contributed by atoms with Gasteiger partial charge in [-0.1, -0.05) is 23.2 Å². The lowest BCUT2D eigenvalue weighted by Gasteiger charge is -2.34. The minimum atomic E-state index is -0.0870. The van der Waals surface area contributed by atoms with E-state index in [-0.39, 0.29) is 11.8 Å². The molecule has 1 aromatic carbocycles. The van der Waals surface area contributed by atoms with Crippen LogP contribution in [0.4, 0.5) is 5.69 Å². The number of anilines is 1. The van der Waals surface area contributed by atoms with Gasteiger partial charge in [0, 0.05) is 45.0 Å². The summed E-state index contributed by atoms with van der Waals surface area (Å²) in [4.78, 5) is 30.5. The molecule has 8 heteroatoms. The summed E-state index contributed by atoms with van der Waals surface area (Å²) in [6.45, 7) is 9.33. The Labute approximate surface area is 165 Å². The van der Waals surface area contributed by atoms with Crippen molar-refractivity contribution in [1.82, 2.24) is 14.7 Å². The summed E-state index contributed by atoms with van der Waals surface area (Å²) in [7, 11) is 0. The van der Waals surface area contributed by atoms with Gasteiger partial charge in [-0.15, -0.1) is 0 Å². The van der Waals surface area contributed by atoms with E-state index < -0.39 is 0 Å². The quantitative estimate of drug-likeness (QED) is 0.763. The van der Waals surface area contributed by atoms with E-state index in [0.29, 0.717) is 28.8 Å². The average molecular weight is 401 g/mol. The molecule has 0 aromatic heterocycles. The van der Waals surface area contributed by atoms with Crippen LogP contribution in [0, 0.1) is 0 Å². The maximum absolute atomic E-state index is 12.2. The number of hydrogen-bond donors (Lipinski definition) is 1. The van der Waals surface area contributed by atoms with Crippen LogP contribution in [0.15, 0.2) is 18.2 Å². The van der Waals surface area contributed by atoms with Crippen molar-refractivity contribution in [1.29, 1.82) is 0 Å². The van der Waals surface area contributed by atoms with Gasteiger partial charge in [-0.2, -0.15) is 0 Å². The molecule has 6 nitrogen and oxygen atoms in total. The van der Waals surface area contributed by atoms with Crippen molar-refractivity contribution in [3.8, 4) is 0 Å². The van der Waals surface area contributed by atoms with Crippen molar-refractivity contribution in [2.24, 2.45) is 0 Å². The highest BCUT2D eigenvalue weighted by Crippen LogP contribution is 2.24. The van der Waals surface area contributed by atoms with E-state index in [9.17, 15) is 9.59 Å². The third kappa shape index (κ3) is 6.13. The summed E-state index contributed by atoms with van der Waals surface area (Å²) in [6.07, 6.45) is 0. The number of piperazine rings is 1. The van der Waals surface area contributed by atoms with E-state index in [1.54, 1.807) is 18.2 Å². The van der Waals surface area contributed by atoms with E-state index in [4.69, 9.17) is 23.2 Å². The van der Waals surface area contributed by atoms with E-state index in [1.165, 1.54) is 0 Å². The van der Waals surface area contributed by atoms with Gasteiger partial charge in [0.1, 0.15) is 0 Å². The van der Waals surface area contributed by atoms with E-state index in [0.717, 1.165) is 39.3 Å². The van der Waals surface area contributed by atoms with Gasteiger partial charge in [-0.25, -0.2) is 0 Å². The molecule has 144 valence electrons. The molecule has 2 rings (SSSR count). The highest BCUT2D eigenvalue weighted by Gasteiger charge is 2.22. The molecule has 0 atom stereocenters. The first-order valence-electron chi connectivity index (χ1n) is 8.90.